The van der Waals surface area contributed by atoms with Crippen molar-refractivity contribution in [3.05, 3.63) is 64.7 Å². The molecule has 6 nitrogen and oxygen atoms in total. The fraction of sp³-hybridized carbons (Fsp3) is 0.176. The van der Waals surface area contributed by atoms with Gasteiger partial charge in [-0.15, -0.1) is 0 Å². The van der Waals surface area contributed by atoms with E-state index in [0.717, 1.165) is 5.56 Å². The van der Waals surface area contributed by atoms with Crippen LogP contribution in [0.15, 0.2) is 48.5 Å². The maximum absolute atomic E-state index is 12.3. The Bertz CT molecular complexity index is 813. The highest BCUT2D eigenvalue weighted by Gasteiger charge is 2.43. The molecular formula is C17H15ClF3N3O3. The fourth-order valence-electron chi connectivity index (χ4n) is 1.97. The Morgan fingerprint density at radius 2 is 1.81 bits per heavy atom. The number of nitrogens with one attached hydrogen (secondary N) is 1. The molecule has 0 bridgehead atoms. The molecule has 0 radical (unpaired) electrons. The number of rotatable bonds is 5. The van der Waals surface area contributed by atoms with Crippen LogP contribution in [0, 0.1) is 5.41 Å². The van der Waals surface area contributed by atoms with E-state index in [0.29, 0.717) is 21.4 Å². The van der Waals surface area contributed by atoms with Crippen molar-refractivity contribution in [2.24, 2.45) is 5.73 Å². The lowest BCUT2D eigenvalue weighted by Crippen LogP contribution is -2.41. The van der Waals surface area contributed by atoms with Crippen LogP contribution in [-0.2, 0) is 22.8 Å². The van der Waals surface area contributed by atoms with Crippen molar-refractivity contribution in [3.63, 3.8) is 0 Å². The number of carbonyl (C=O) groups is 1. The molecule has 0 fully saturated rings. The molecule has 0 spiro atoms. The smallest absolute Gasteiger partial charge is 0.489 e. The second-order valence-corrected chi connectivity index (χ2v) is 5.80. The zero-order valence-electron chi connectivity index (χ0n) is 13.8. The average Bonchev–Trinajstić information content (AvgIpc) is 2.60. The number of hydroxylamine groups is 2. The van der Waals surface area contributed by atoms with Gasteiger partial charge in [0.15, 0.2) is 0 Å². The zero-order valence-corrected chi connectivity index (χ0v) is 14.6. The lowest BCUT2D eigenvalue weighted by molar-refractivity contribution is -0.227. The number of alkyl halides is 3. The molecule has 10 heteroatoms. The summed E-state index contributed by atoms with van der Waals surface area (Å²) in [4.78, 5) is 15.1. The molecule has 0 saturated heterocycles. The van der Waals surface area contributed by atoms with E-state index in [4.69, 9.17) is 27.5 Å². The van der Waals surface area contributed by atoms with Crippen molar-refractivity contribution in [2.75, 3.05) is 0 Å². The lowest BCUT2D eigenvalue weighted by Gasteiger charge is -2.21. The predicted octanol–water partition coefficient (Wildman–Crippen LogP) is 3.63. The first-order valence-corrected chi connectivity index (χ1v) is 7.90. The Labute approximate surface area is 157 Å². The molecule has 0 aromatic heterocycles. The van der Waals surface area contributed by atoms with Gasteiger partial charge in [0.25, 0.3) is 0 Å². The molecule has 0 aliphatic carbocycles. The number of nitrogens with two attached hydrogens (primary N) is 1. The van der Waals surface area contributed by atoms with Gasteiger partial charge in [0.05, 0.1) is 6.54 Å². The number of carbonyl (C=O) groups excluding carboxylic acids is 1. The molecule has 0 heterocycles. The molecule has 2 aromatic rings. The van der Waals surface area contributed by atoms with Gasteiger partial charge in [0, 0.05) is 5.02 Å². The van der Waals surface area contributed by atoms with Crippen LogP contribution >= 0.6 is 11.6 Å². The van der Waals surface area contributed by atoms with E-state index in [1.54, 1.807) is 42.5 Å². The second-order valence-electron chi connectivity index (χ2n) is 5.36. The fourth-order valence-corrected chi connectivity index (χ4v) is 2.09. The topological polar surface area (TPSA) is 88.6 Å². The van der Waals surface area contributed by atoms with Gasteiger partial charge in [-0.05, 0) is 35.4 Å². The van der Waals surface area contributed by atoms with Crippen LogP contribution in [-0.4, -0.2) is 23.2 Å². The summed E-state index contributed by atoms with van der Waals surface area (Å²) in [6.07, 6.45) is -5.20. The molecule has 2 rings (SSSR count). The summed E-state index contributed by atoms with van der Waals surface area (Å²) in [6, 6.07) is 13.4. The molecule has 27 heavy (non-hydrogen) atoms. The molecule has 2 aromatic carbocycles. The Balaban J connectivity index is 2.03. The number of nitrogens with zero attached hydrogens (tertiary/aromatic N) is 1. The van der Waals surface area contributed by atoms with Crippen LogP contribution in [0.25, 0.3) is 0 Å². The molecule has 144 valence electrons. The van der Waals surface area contributed by atoms with E-state index in [1.165, 1.54) is 6.07 Å². The third-order valence-electron chi connectivity index (χ3n) is 3.24. The monoisotopic (exact) mass is 401 g/mol. The first-order chi connectivity index (χ1) is 12.6. The Hall–Kier alpha value is -2.94. The van der Waals surface area contributed by atoms with Gasteiger partial charge < -0.3 is 15.3 Å². The van der Waals surface area contributed by atoms with Gasteiger partial charge in [-0.25, -0.2) is 4.79 Å². The van der Waals surface area contributed by atoms with Gasteiger partial charge in [0.2, 0.25) is 5.96 Å². The number of halogens is 4. The van der Waals surface area contributed by atoms with E-state index in [9.17, 15) is 18.0 Å². The minimum Gasteiger partial charge on any atom is -0.489 e. The maximum atomic E-state index is 12.3. The van der Waals surface area contributed by atoms with E-state index in [1.807, 2.05) is 0 Å². The number of hydrogen-bond acceptors (Lipinski definition) is 4. The molecule has 0 saturated carbocycles. The molecule has 0 atom stereocenters. The third-order valence-corrected chi connectivity index (χ3v) is 3.49. The van der Waals surface area contributed by atoms with Gasteiger partial charge in [-0.2, -0.15) is 18.2 Å². The summed E-state index contributed by atoms with van der Waals surface area (Å²) in [6.45, 7) is -0.102. The maximum Gasteiger partial charge on any atom is 0.493 e. The standard InChI is InChI=1S/C17H15ClF3N3O3/c18-13-6-4-11(5-7-13)10-26-14-3-1-2-12(8-14)9-24(16(22)23)27-15(25)17(19,20)21/h1-8H,9-10H2,(H3,22,23). The summed E-state index contributed by atoms with van der Waals surface area (Å²) in [7, 11) is 0. The summed E-state index contributed by atoms with van der Waals surface area (Å²) >= 11 is 5.81. The van der Waals surface area contributed by atoms with Gasteiger partial charge in [-0.3, -0.25) is 5.41 Å². The molecular weight excluding hydrogens is 387 g/mol. The van der Waals surface area contributed by atoms with Crippen molar-refractivity contribution in [3.8, 4) is 5.75 Å². The normalized spacial score (nSPS) is 11.0. The number of benzene rings is 2. The van der Waals surface area contributed by atoms with Crippen LogP contribution in [0.2, 0.25) is 5.02 Å². The Kier molecular flexibility index (Phi) is 6.51. The average molecular weight is 402 g/mol. The summed E-state index contributed by atoms with van der Waals surface area (Å²) in [5.41, 5.74) is 6.48. The van der Waals surface area contributed by atoms with Crippen LogP contribution < -0.4 is 10.5 Å². The zero-order chi connectivity index (χ0) is 20.0. The van der Waals surface area contributed by atoms with Crippen LogP contribution in [0.3, 0.4) is 0 Å². The quantitative estimate of drug-likeness (QED) is 0.453. The van der Waals surface area contributed by atoms with Crippen LogP contribution in [0.5, 0.6) is 5.75 Å². The first kappa shape index (κ1) is 20.4. The van der Waals surface area contributed by atoms with Gasteiger partial charge in [-0.1, -0.05) is 35.9 Å². The highest BCUT2D eigenvalue weighted by molar-refractivity contribution is 6.30. The predicted molar refractivity (Wildman–Crippen MR) is 91.8 cm³/mol. The van der Waals surface area contributed by atoms with Crippen molar-refractivity contribution in [1.82, 2.24) is 5.06 Å². The van der Waals surface area contributed by atoms with E-state index < -0.39 is 18.1 Å². The van der Waals surface area contributed by atoms with E-state index >= 15 is 0 Å². The lowest BCUT2D eigenvalue weighted by atomic mass is 10.2. The molecule has 0 amide bonds. The number of hydrogen-bond donors (Lipinski definition) is 2. The van der Waals surface area contributed by atoms with Crippen molar-refractivity contribution >= 4 is 23.5 Å². The molecule has 0 aliphatic heterocycles. The molecule has 0 aliphatic rings. The summed E-state index contributed by atoms with van der Waals surface area (Å²) in [5, 5.41) is 8.22. The number of ether oxygens (including phenoxy) is 1. The third kappa shape index (κ3) is 6.37. The Morgan fingerprint density at radius 1 is 1.15 bits per heavy atom. The van der Waals surface area contributed by atoms with Crippen LogP contribution in [0.4, 0.5) is 13.2 Å². The van der Waals surface area contributed by atoms with Gasteiger partial charge >= 0.3 is 12.1 Å². The SMILES string of the molecule is N=C(N)N(Cc1cccc(OCc2ccc(Cl)cc2)c1)OC(=O)C(F)(F)F. The largest absolute Gasteiger partial charge is 0.493 e. The summed E-state index contributed by atoms with van der Waals surface area (Å²) in [5.74, 6) is -2.87. The van der Waals surface area contributed by atoms with Gasteiger partial charge in [0.1, 0.15) is 12.4 Å². The van der Waals surface area contributed by atoms with Crippen LogP contribution in [0.1, 0.15) is 11.1 Å². The molecule has 0 unspecified atom stereocenters. The minimum atomic E-state index is -5.20. The van der Waals surface area contributed by atoms with E-state index in [2.05, 4.69) is 4.84 Å². The molecule has 3 N–H and O–H groups in total. The van der Waals surface area contributed by atoms with Crippen molar-refractivity contribution in [2.45, 2.75) is 19.3 Å². The summed E-state index contributed by atoms with van der Waals surface area (Å²) < 4.78 is 42.6. The van der Waals surface area contributed by atoms with E-state index in [-0.39, 0.29) is 13.2 Å². The van der Waals surface area contributed by atoms with Crippen molar-refractivity contribution in [1.29, 1.82) is 5.41 Å². The van der Waals surface area contributed by atoms with Crippen molar-refractivity contribution < 1.29 is 27.5 Å². The highest BCUT2D eigenvalue weighted by Crippen LogP contribution is 2.20. The first-order valence-electron chi connectivity index (χ1n) is 7.52. The number of guanidine groups is 1. The minimum absolute atomic E-state index is 0.250. The highest BCUT2D eigenvalue weighted by atomic mass is 35.5. The Morgan fingerprint density at radius 3 is 2.41 bits per heavy atom. The second kappa shape index (κ2) is 8.63.